The second kappa shape index (κ2) is 4.33. The van der Waals surface area contributed by atoms with Crippen molar-refractivity contribution in [3.63, 3.8) is 0 Å². The maximum atomic E-state index is 5.63. The van der Waals surface area contributed by atoms with Gasteiger partial charge >= 0.3 is 0 Å². The number of hydrogen-bond acceptors (Lipinski definition) is 2. The minimum atomic E-state index is 0.236. The van der Waals surface area contributed by atoms with E-state index in [4.69, 9.17) is 5.73 Å². The molecule has 0 spiro atoms. The van der Waals surface area contributed by atoms with E-state index in [2.05, 4.69) is 24.1 Å². The zero-order valence-corrected chi connectivity index (χ0v) is 8.43. The highest BCUT2D eigenvalue weighted by Gasteiger charge is 2.14. The summed E-state index contributed by atoms with van der Waals surface area (Å²) < 4.78 is 0. The van der Waals surface area contributed by atoms with Gasteiger partial charge in [0, 0.05) is 12.7 Å². The first-order valence-corrected chi connectivity index (χ1v) is 4.71. The molecular weight excluding hydrogens is 162 g/mol. The van der Waals surface area contributed by atoms with Crippen LogP contribution in [0.15, 0.2) is 18.3 Å². The third-order valence-electron chi connectivity index (χ3n) is 2.27. The van der Waals surface area contributed by atoms with Crippen molar-refractivity contribution in [3.8, 4) is 0 Å². The van der Waals surface area contributed by atoms with E-state index in [9.17, 15) is 0 Å². The normalized spacial score (nSPS) is 11.6. The lowest BCUT2D eigenvalue weighted by molar-refractivity contribution is 0.358. The van der Waals surface area contributed by atoms with Crippen LogP contribution in [-0.4, -0.2) is 18.1 Å². The van der Waals surface area contributed by atoms with Gasteiger partial charge in [-0.25, -0.2) is 0 Å². The maximum absolute atomic E-state index is 5.63. The van der Waals surface area contributed by atoms with Crippen LogP contribution in [-0.2, 0) is 0 Å². The molecule has 0 radical (unpaired) electrons. The van der Waals surface area contributed by atoms with E-state index in [1.807, 2.05) is 18.3 Å². The summed E-state index contributed by atoms with van der Waals surface area (Å²) in [6.07, 6.45) is 3.00. The molecule has 0 fully saturated rings. The third kappa shape index (κ3) is 3.51. The smallest absolute Gasteiger partial charge is 0.103 e. The Balaban J connectivity index is 2.21. The minimum absolute atomic E-state index is 0.236. The highest BCUT2D eigenvalue weighted by atomic mass is 15.0. The molecule has 0 aliphatic heterocycles. The van der Waals surface area contributed by atoms with E-state index >= 15 is 0 Å². The fraction of sp³-hybridized carbons (Fsp3) is 0.600. The molecule has 74 valence electrons. The van der Waals surface area contributed by atoms with Crippen LogP contribution in [0.2, 0.25) is 0 Å². The van der Waals surface area contributed by atoms with Crippen LogP contribution in [0.4, 0.5) is 5.82 Å². The van der Waals surface area contributed by atoms with Crippen molar-refractivity contribution < 1.29 is 0 Å². The molecule has 0 aromatic carbocycles. The van der Waals surface area contributed by atoms with E-state index in [0.717, 1.165) is 25.3 Å². The predicted octanol–water partition coefficient (Wildman–Crippen LogP) is 1.80. The third-order valence-corrected chi connectivity index (χ3v) is 2.27. The molecule has 1 heterocycles. The van der Waals surface area contributed by atoms with Gasteiger partial charge in [-0.15, -0.1) is 0 Å². The van der Waals surface area contributed by atoms with Gasteiger partial charge in [0.1, 0.15) is 5.82 Å². The number of aromatic nitrogens is 1. The van der Waals surface area contributed by atoms with E-state index in [1.54, 1.807) is 0 Å². The average molecular weight is 181 g/mol. The van der Waals surface area contributed by atoms with Crippen molar-refractivity contribution in [3.05, 3.63) is 18.3 Å². The molecule has 1 rings (SSSR count). The molecule has 0 unspecified atom stereocenters. The molecule has 0 amide bonds. The van der Waals surface area contributed by atoms with Gasteiger partial charge in [-0.2, -0.15) is 0 Å². The van der Waals surface area contributed by atoms with Crippen LogP contribution in [0.25, 0.3) is 0 Å². The Hall–Kier alpha value is -0.960. The molecule has 1 aromatic rings. The maximum Gasteiger partial charge on any atom is 0.103 e. The Morgan fingerprint density at radius 1 is 1.54 bits per heavy atom. The molecule has 3 nitrogen and oxygen atoms in total. The Morgan fingerprint density at radius 2 is 2.31 bits per heavy atom. The molecule has 1 aromatic heterocycles. The van der Waals surface area contributed by atoms with E-state index < -0.39 is 0 Å². The summed E-state index contributed by atoms with van der Waals surface area (Å²) in [6, 6.07) is 4.01. The Labute approximate surface area is 79.7 Å². The first-order valence-electron chi connectivity index (χ1n) is 4.71. The lowest BCUT2D eigenvalue weighted by Crippen LogP contribution is -2.26. The van der Waals surface area contributed by atoms with Crippen LogP contribution in [0.3, 0.4) is 0 Å². The van der Waals surface area contributed by atoms with Crippen molar-refractivity contribution >= 4 is 5.82 Å². The molecule has 4 N–H and O–H groups in total. The molecule has 0 atom stereocenters. The van der Waals surface area contributed by atoms with Crippen molar-refractivity contribution in [2.75, 3.05) is 18.4 Å². The van der Waals surface area contributed by atoms with E-state index in [1.165, 1.54) is 0 Å². The fourth-order valence-electron chi connectivity index (χ4n) is 1.08. The Kier molecular flexibility index (Phi) is 3.37. The summed E-state index contributed by atoms with van der Waals surface area (Å²) in [5, 5.41) is 3.30. The molecular formula is C10H19N3. The molecule has 0 bridgehead atoms. The number of aromatic amines is 1. The van der Waals surface area contributed by atoms with Crippen LogP contribution in [0, 0.1) is 5.41 Å². The summed E-state index contributed by atoms with van der Waals surface area (Å²) in [4.78, 5) is 3.10. The van der Waals surface area contributed by atoms with Gasteiger partial charge in [-0.3, -0.25) is 0 Å². The number of H-pyrrole nitrogens is 1. The van der Waals surface area contributed by atoms with Gasteiger partial charge in [-0.1, -0.05) is 13.8 Å². The quantitative estimate of drug-likeness (QED) is 0.648. The number of nitrogens with one attached hydrogen (secondary N) is 2. The first-order chi connectivity index (χ1) is 6.14. The summed E-state index contributed by atoms with van der Waals surface area (Å²) in [7, 11) is 0. The largest absolute Gasteiger partial charge is 0.372 e. The number of rotatable bonds is 5. The predicted molar refractivity (Wildman–Crippen MR) is 56.7 cm³/mol. The van der Waals surface area contributed by atoms with Gasteiger partial charge < -0.3 is 16.0 Å². The Morgan fingerprint density at radius 3 is 2.85 bits per heavy atom. The average Bonchev–Trinajstić information content (AvgIpc) is 2.57. The van der Waals surface area contributed by atoms with Crippen molar-refractivity contribution in [2.24, 2.45) is 11.1 Å². The summed E-state index contributed by atoms with van der Waals surface area (Å²) in [5.41, 5.74) is 5.87. The van der Waals surface area contributed by atoms with E-state index in [-0.39, 0.29) is 5.41 Å². The Bertz CT molecular complexity index is 226. The molecule has 13 heavy (non-hydrogen) atoms. The fourth-order valence-corrected chi connectivity index (χ4v) is 1.08. The molecule has 3 heteroatoms. The summed E-state index contributed by atoms with van der Waals surface area (Å²) in [6.45, 7) is 6.07. The summed E-state index contributed by atoms with van der Waals surface area (Å²) >= 11 is 0. The number of hydrogen-bond donors (Lipinski definition) is 3. The highest BCUT2D eigenvalue weighted by molar-refractivity contribution is 5.33. The van der Waals surface area contributed by atoms with Gasteiger partial charge in [0.2, 0.25) is 0 Å². The van der Waals surface area contributed by atoms with Crippen molar-refractivity contribution in [1.29, 1.82) is 0 Å². The van der Waals surface area contributed by atoms with Gasteiger partial charge in [-0.05, 0) is 30.5 Å². The standard InChI is InChI=1S/C10H19N3/c1-10(2,8-11)5-7-13-9-4-3-6-12-9/h3-4,6,12-13H,5,7-8,11H2,1-2H3. The van der Waals surface area contributed by atoms with Crippen LogP contribution in [0.1, 0.15) is 20.3 Å². The molecule has 0 saturated heterocycles. The highest BCUT2D eigenvalue weighted by Crippen LogP contribution is 2.17. The first kappa shape index (κ1) is 10.1. The zero-order valence-electron chi connectivity index (χ0n) is 8.43. The lowest BCUT2D eigenvalue weighted by atomic mass is 9.90. The number of anilines is 1. The second-order valence-corrected chi connectivity index (χ2v) is 4.13. The van der Waals surface area contributed by atoms with Gasteiger partial charge in [0.05, 0.1) is 0 Å². The van der Waals surface area contributed by atoms with Crippen LogP contribution < -0.4 is 11.1 Å². The molecule has 0 saturated carbocycles. The molecule has 0 aliphatic rings. The topological polar surface area (TPSA) is 53.8 Å². The minimum Gasteiger partial charge on any atom is -0.372 e. The SMILES string of the molecule is CC(C)(CN)CCNc1ccc[nH]1. The summed E-state index contributed by atoms with van der Waals surface area (Å²) in [5.74, 6) is 1.08. The monoisotopic (exact) mass is 181 g/mol. The second-order valence-electron chi connectivity index (χ2n) is 4.13. The van der Waals surface area contributed by atoms with Gasteiger partial charge in [0.15, 0.2) is 0 Å². The van der Waals surface area contributed by atoms with Crippen LogP contribution in [0.5, 0.6) is 0 Å². The van der Waals surface area contributed by atoms with Crippen molar-refractivity contribution in [1.82, 2.24) is 4.98 Å². The number of nitrogens with two attached hydrogens (primary N) is 1. The van der Waals surface area contributed by atoms with Gasteiger partial charge in [0.25, 0.3) is 0 Å². The van der Waals surface area contributed by atoms with Crippen molar-refractivity contribution in [2.45, 2.75) is 20.3 Å². The molecule has 0 aliphatic carbocycles. The lowest BCUT2D eigenvalue weighted by Gasteiger charge is -2.22. The van der Waals surface area contributed by atoms with E-state index in [0.29, 0.717) is 0 Å². The van der Waals surface area contributed by atoms with Crippen LogP contribution >= 0.6 is 0 Å². The zero-order chi connectivity index (χ0) is 9.73.